The molecule has 4 nitrogen and oxygen atoms in total. The number of esters is 1. The number of carbonyl (C=O) groups excluding carboxylic acids is 2. The molecule has 1 aliphatic heterocycles. The number of ether oxygens (including phenoxy) is 1. The summed E-state index contributed by atoms with van der Waals surface area (Å²) in [6.45, 7) is 7.57. The first-order valence-corrected chi connectivity index (χ1v) is 6.68. The molecule has 0 bridgehead atoms. The zero-order valence-corrected chi connectivity index (χ0v) is 11.1. The number of ketones is 1. The molecule has 0 aromatic heterocycles. The number of carbonyl (C=O) groups is 2. The highest BCUT2D eigenvalue weighted by atomic mass is 16.6. The molecule has 2 aliphatic carbocycles. The Hall–Kier alpha value is -1.42. The molecule has 1 heterocycles. The highest BCUT2D eigenvalue weighted by Gasteiger charge is 2.59. The molecule has 2 fully saturated rings. The fourth-order valence-corrected chi connectivity index (χ4v) is 3.98. The first-order valence-electron chi connectivity index (χ1n) is 6.68. The van der Waals surface area contributed by atoms with Crippen LogP contribution in [0.4, 0.5) is 0 Å². The molecule has 102 valence electrons. The molecule has 3 rings (SSSR count). The molecule has 4 heteroatoms. The summed E-state index contributed by atoms with van der Waals surface area (Å²) in [5, 5.41) is 10.7. The number of allylic oxidation sites excluding steroid dienone is 2. The normalized spacial score (nSPS) is 48.8. The summed E-state index contributed by atoms with van der Waals surface area (Å²) >= 11 is 0. The van der Waals surface area contributed by atoms with Crippen LogP contribution in [0.5, 0.6) is 0 Å². The van der Waals surface area contributed by atoms with Crippen LogP contribution in [0, 0.1) is 23.2 Å². The van der Waals surface area contributed by atoms with Crippen LogP contribution < -0.4 is 0 Å². The van der Waals surface area contributed by atoms with Crippen LogP contribution in [-0.2, 0) is 14.3 Å². The molecule has 0 radical (unpaired) electrons. The van der Waals surface area contributed by atoms with Crippen molar-refractivity contribution in [2.45, 2.75) is 32.5 Å². The Kier molecular flexibility index (Phi) is 2.52. The smallest absolute Gasteiger partial charge is 0.334 e. The lowest BCUT2D eigenvalue weighted by Crippen LogP contribution is -2.46. The fraction of sp³-hybridized carbons (Fsp3) is 0.600. The Balaban J connectivity index is 2.08. The lowest BCUT2D eigenvalue weighted by atomic mass is 9.67. The Morgan fingerprint density at radius 1 is 1.47 bits per heavy atom. The van der Waals surface area contributed by atoms with E-state index in [4.69, 9.17) is 4.74 Å². The number of hydrogen-bond donors (Lipinski definition) is 1. The van der Waals surface area contributed by atoms with E-state index in [1.807, 2.05) is 13.0 Å². The van der Waals surface area contributed by atoms with Crippen molar-refractivity contribution in [2.75, 3.05) is 0 Å². The molecule has 1 unspecified atom stereocenters. The zero-order valence-electron chi connectivity index (χ0n) is 11.1. The van der Waals surface area contributed by atoms with E-state index < -0.39 is 23.4 Å². The minimum atomic E-state index is -0.922. The van der Waals surface area contributed by atoms with Crippen LogP contribution in [-0.4, -0.2) is 29.1 Å². The third-order valence-electron chi connectivity index (χ3n) is 5.17. The second-order valence-corrected chi connectivity index (χ2v) is 6.18. The van der Waals surface area contributed by atoms with E-state index in [1.54, 1.807) is 13.0 Å². The third-order valence-corrected chi connectivity index (χ3v) is 5.17. The Labute approximate surface area is 112 Å². The lowest BCUT2D eigenvalue weighted by Gasteiger charge is -2.37. The average molecular weight is 262 g/mol. The number of aliphatic hydroxyl groups is 1. The van der Waals surface area contributed by atoms with Gasteiger partial charge < -0.3 is 9.84 Å². The summed E-state index contributed by atoms with van der Waals surface area (Å²) in [5.41, 5.74) is -0.568. The second-order valence-electron chi connectivity index (χ2n) is 6.18. The molecule has 1 saturated carbocycles. The van der Waals surface area contributed by atoms with Crippen LogP contribution in [0.15, 0.2) is 24.3 Å². The lowest BCUT2D eigenvalue weighted by molar-refractivity contribution is -0.140. The molecule has 0 amide bonds. The van der Waals surface area contributed by atoms with Gasteiger partial charge in [-0.1, -0.05) is 19.6 Å². The van der Waals surface area contributed by atoms with Crippen molar-refractivity contribution in [3.05, 3.63) is 24.3 Å². The van der Waals surface area contributed by atoms with Gasteiger partial charge in [0.05, 0.1) is 17.4 Å². The van der Waals surface area contributed by atoms with E-state index in [2.05, 4.69) is 6.58 Å². The number of rotatable bonds is 0. The average Bonchev–Trinajstić information content (AvgIpc) is 2.77. The Morgan fingerprint density at radius 2 is 2.16 bits per heavy atom. The number of hydrogen-bond acceptors (Lipinski definition) is 4. The van der Waals surface area contributed by atoms with Gasteiger partial charge in [-0.3, -0.25) is 4.79 Å². The van der Waals surface area contributed by atoms with E-state index >= 15 is 0 Å². The topological polar surface area (TPSA) is 63.6 Å². The van der Waals surface area contributed by atoms with Crippen molar-refractivity contribution in [3.8, 4) is 0 Å². The van der Waals surface area contributed by atoms with E-state index in [9.17, 15) is 14.7 Å². The van der Waals surface area contributed by atoms with Crippen molar-refractivity contribution in [2.24, 2.45) is 23.2 Å². The summed E-state index contributed by atoms with van der Waals surface area (Å²) in [7, 11) is 0. The van der Waals surface area contributed by atoms with Gasteiger partial charge in [0, 0.05) is 5.57 Å². The van der Waals surface area contributed by atoms with Crippen molar-refractivity contribution in [3.63, 3.8) is 0 Å². The molecule has 0 aromatic carbocycles. The maximum atomic E-state index is 12.2. The number of fused-ring (bicyclic) bond motifs is 2. The quantitative estimate of drug-likeness (QED) is 0.527. The van der Waals surface area contributed by atoms with E-state index in [0.717, 1.165) is 0 Å². The highest BCUT2D eigenvalue weighted by molar-refractivity contribution is 5.99. The third kappa shape index (κ3) is 1.43. The van der Waals surface area contributed by atoms with Crippen molar-refractivity contribution in [1.82, 2.24) is 0 Å². The number of aliphatic hydroxyl groups excluding tert-OH is 1. The maximum Gasteiger partial charge on any atom is 0.334 e. The van der Waals surface area contributed by atoms with E-state index in [-0.39, 0.29) is 23.7 Å². The first kappa shape index (κ1) is 12.6. The Morgan fingerprint density at radius 3 is 2.84 bits per heavy atom. The molecular formula is C15H18O4. The van der Waals surface area contributed by atoms with Crippen LogP contribution in [0.25, 0.3) is 0 Å². The van der Waals surface area contributed by atoms with Gasteiger partial charge in [-0.15, -0.1) is 0 Å². The molecule has 6 atom stereocenters. The largest absolute Gasteiger partial charge is 0.458 e. The van der Waals surface area contributed by atoms with Gasteiger partial charge in [0.25, 0.3) is 0 Å². The van der Waals surface area contributed by atoms with Gasteiger partial charge >= 0.3 is 5.97 Å². The van der Waals surface area contributed by atoms with Crippen molar-refractivity contribution in [1.29, 1.82) is 0 Å². The summed E-state index contributed by atoms with van der Waals surface area (Å²) < 4.78 is 5.31. The van der Waals surface area contributed by atoms with Crippen LogP contribution in [0.1, 0.15) is 20.3 Å². The summed E-state index contributed by atoms with van der Waals surface area (Å²) in [5.74, 6) is -0.802. The van der Waals surface area contributed by atoms with E-state index in [0.29, 0.717) is 12.0 Å². The Bertz CT molecular complexity index is 506. The molecule has 1 saturated heterocycles. The summed E-state index contributed by atoms with van der Waals surface area (Å²) in [4.78, 5) is 23.9. The van der Waals surface area contributed by atoms with Crippen LogP contribution in [0.3, 0.4) is 0 Å². The van der Waals surface area contributed by atoms with Crippen molar-refractivity contribution >= 4 is 11.8 Å². The predicted molar refractivity (Wildman–Crippen MR) is 68.0 cm³/mol. The molecule has 3 aliphatic rings. The molecular weight excluding hydrogens is 244 g/mol. The molecule has 0 spiro atoms. The summed E-state index contributed by atoms with van der Waals surface area (Å²) in [6, 6.07) is 0. The summed E-state index contributed by atoms with van der Waals surface area (Å²) in [6.07, 6.45) is 2.83. The standard InChI is InChI=1S/C15H18O4/c1-7-6-10-12(8(2)14(18)19-10)13(17)15(3)9(7)4-5-11(15)16/h4-5,7,9-10,12-13,17H,2,6H2,1,3H3/t7-,9-,10+,12?,13-,15-/m0/s1. The molecule has 19 heavy (non-hydrogen) atoms. The van der Waals surface area contributed by atoms with Crippen LogP contribution >= 0.6 is 0 Å². The minimum absolute atomic E-state index is 0.00731. The molecule has 0 aromatic rings. The highest BCUT2D eigenvalue weighted by Crippen LogP contribution is 2.52. The van der Waals surface area contributed by atoms with Gasteiger partial charge in [0.2, 0.25) is 0 Å². The predicted octanol–water partition coefficient (Wildman–Crippen LogP) is 1.25. The first-order chi connectivity index (χ1) is 8.87. The fourth-order valence-electron chi connectivity index (χ4n) is 3.98. The van der Waals surface area contributed by atoms with E-state index in [1.165, 1.54) is 0 Å². The SMILES string of the molecule is C=C1C(=O)O[C@@H]2C[C@H](C)[C@@H]3C=CC(=O)[C@@]3(C)[C@@H](O)C12. The van der Waals surface area contributed by atoms with Gasteiger partial charge in [-0.25, -0.2) is 4.79 Å². The van der Waals surface area contributed by atoms with Gasteiger partial charge in [0.1, 0.15) is 6.10 Å². The molecule has 1 N–H and O–H groups in total. The van der Waals surface area contributed by atoms with Crippen LogP contribution in [0.2, 0.25) is 0 Å². The minimum Gasteiger partial charge on any atom is -0.458 e. The van der Waals surface area contributed by atoms with Gasteiger partial charge in [-0.05, 0) is 31.3 Å². The van der Waals surface area contributed by atoms with Gasteiger partial charge in [0.15, 0.2) is 5.78 Å². The maximum absolute atomic E-state index is 12.2. The monoisotopic (exact) mass is 262 g/mol. The zero-order chi connectivity index (χ0) is 13.9. The van der Waals surface area contributed by atoms with Gasteiger partial charge in [-0.2, -0.15) is 0 Å². The second kappa shape index (κ2) is 3.79. The van der Waals surface area contributed by atoms with Crippen molar-refractivity contribution < 1.29 is 19.4 Å².